The van der Waals surface area contributed by atoms with E-state index in [1.807, 2.05) is 40.5 Å². The van der Waals surface area contributed by atoms with Crippen LogP contribution in [-0.4, -0.2) is 53.1 Å². The van der Waals surface area contributed by atoms with E-state index >= 15 is 4.39 Å². The van der Waals surface area contributed by atoms with Crippen LogP contribution in [0.25, 0.3) is 11.3 Å². The lowest BCUT2D eigenvalue weighted by atomic mass is 10.1. The Morgan fingerprint density at radius 2 is 1.87 bits per heavy atom. The number of nitrogens with zero attached hydrogens (tertiary/aromatic N) is 5. The minimum atomic E-state index is -0.368. The summed E-state index contributed by atoms with van der Waals surface area (Å²) in [6, 6.07) is 7.25. The molecule has 5 rings (SSSR count). The highest BCUT2D eigenvalue weighted by molar-refractivity contribution is 7.11. The molecule has 8 heteroatoms. The number of anilines is 1. The van der Waals surface area contributed by atoms with Crippen molar-refractivity contribution >= 4 is 17.2 Å². The molecule has 0 radical (unpaired) electrons. The molecule has 2 aromatic heterocycles. The van der Waals surface area contributed by atoms with E-state index < -0.39 is 0 Å². The lowest BCUT2D eigenvalue weighted by molar-refractivity contribution is 0.248. The van der Waals surface area contributed by atoms with Crippen LogP contribution in [0.3, 0.4) is 0 Å². The Morgan fingerprint density at radius 1 is 1.07 bits per heavy atom. The maximum absolute atomic E-state index is 15.2. The maximum atomic E-state index is 15.2. The summed E-state index contributed by atoms with van der Waals surface area (Å²) in [5.41, 5.74) is 2.34. The fourth-order valence-electron chi connectivity index (χ4n) is 4.15. The molecule has 30 heavy (non-hydrogen) atoms. The Labute approximate surface area is 179 Å². The highest BCUT2D eigenvalue weighted by atomic mass is 32.1. The molecule has 0 atom stereocenters. The van der Waals surface area contributed by atoms with E-state index in [-0.39, 0.29) is 5.82 Å². The molecule has 3 heterocycles. The van der Waals surface area contributed by atoms with Crippen LogP contribution in [0.1, 0.15) is 22.0 Å². The first kappa shape index (κ1) is 19.4. The summed E-state index contributed by atoms with van der Waals surface area (Å²) in [5, 5.41) is 1.21. The number of aromatic nitrogens is 3. The van der Waals surface area contributed by atoms with Gasteiger partial charge < -0.3 is 9.64 Å². The number of benzene rings is 1. The molecule has 0 unspecified atom stereocenters. The molecular formula is C22H24FN5OS. The normalized spacial score (nSPS) is 16.7. The van der Waals surface area contributed by atoms with Crippen molar-refractivity contribution in [2.75, 3.05) is 38.2 Å². The van der Waals surface area contributed by atoms with Gasteiger partial charge in [-0.25, -0.2) is 19.3 Å². The summed E-state index contributed by atoms with van der Waals surface area (Å²) >= 11 is 1.86. The van der Waals surface area contributed by atoms with Crippen LogP contribution in [0.5, 0.6) is 5.75 Å². The minimum absolute atomic E-state index is 0.322. The van der Waals surface area contributed by atoms with Crippen molar-refractivity contribution < 1.29 is 9.13 Å². The number of ether oxygens (including phenoxy) is 1. The number of hydrogen-bond acceptors (Lipinski definition) is 7. The molecule has 2 aliphatic rings. The summed E-state index contributed by atoms with van der Waals surface area (Å²) in [4.78, 5) is 19.1. The monoisotopic (exact) mass is 425 g/mol. The van der Waals surface area contributed by atoms with Crippen LogP contribution in [0.4, 0.5) is 10.2 Å². The predicted octanol–water partition coefficient (Wildman–Crippen LogP) is 3.56. The van der Waals surface area contributed by atoms with Gasteiger partial charge in [-0.2, -0.15) is 0 Å². The van der Waals surface area contributed by atoms with Crippen molar-refractivity contribution in [3.63, 3.8) is 0 Å². The molecule has 0 spiro atoms. The molecule has 1 fully saturated rings. The molecule has 1 aliphatic carbocycles. The molecule has 0 bridgehead atoms. The Hall–Kier alpha value is -2.58. The molecule has 1 aliphatic heterocycles. The molecule has 0 N–H and O–H groups in total. The number of thiazole rings is 1. The number of methoxy groups -OCH3 is 1. The summed E-state index contributed by atoms with van der Waals surface area (Å²) in [6.45, 7) is 4.09. The van der Waals surface area contributed by atoms with Crippen molar-refractivity contribution in [1.29, 1.82) is 0 Å². The van der Waals surface area contributed by atoms with E-state index in [1.165, 1.54) is 34.7 Å². The Kier molecular flexibility index (Phi) is 5.35. The van der Waals surface area contributed by atoms with Crippen molar-refractivity contribution in [3.8, 4) is 17.0 Å². The quantitative estimate of drug-likeness (QED) is 0.623. The number of halogens is 1. The fraction of sp³-hybridized carbons (Fsp3) is 0.409. The van der Waals surface area contributed by atoms with Crippen molar-refractivity contribution in [2.24, 2.45) is 0 Å². The standard InChI is InChI=1S/C22H24FN5OS/c1-29-16-7-5-15(6-8-16)21-20(23)22(25-14-24-21)28-11-9-27(10-12-28)13-19-26-17-3-2-4-18(17)30-19/h5-8,14H,2-4,9-13H2,1H3. The number of hydrogen-bond donors (Lipinski definition) is 0. The van der Waals surface area contributed by atoms with Gasteiger partial charge in [0.15, 0.2) is 11.6 Å². The van der Waals surface area contributed by atoms with Crippen LogP contribution >= 0.6 is 11.3 Å². The van der Waals surface area contributed by atoms with Crippen molar-refractivity contribution in [1.82, 2.24) is 19.9 Å². The third-order valence-corrected chi connectivity index (χ3v) is 6.95. The van der Waals surface area contributed by atoms with Gasteiger partial charge in [-0.1, -0.05) is 0 Å². The minimum Gasteiger partial charge on any atom is -0.497 e. The molecule has 3 aromatic rings. The van der Waals surface area contributed by atoms with Crippen molar-refractivity contribution in [3.05, 3.63) is 52.0 Å². The topological polar surface area (TPSA) is 54.4 Å². The average molecular weight is 426 g/mol. The average Bonchev–Trinajstić information content (AvgIpc) is 3.37. The Balaban J connectivity index is 1.26. The molecule has 1 aromatic carbocycles. The van der Waals surface area contributed by atoms with Gasteiger partial charge in [-0.15, -0.1) is 11.3 Å². The third-order valence-electron chi connectivity index (χ3n) is 5.81. The van der Waals surface area contributed by atoms with Crippen LogP contribution in [0.15, 0.2) is 30.6 Å². The Bertz CT molecular complexity index is 1010. The van der Waals surface area contributed by atoms with Gasteiger partial charge in [0.1, 0.15) is 22.8 Å². The summed E-state index contributed by atoms with van der Waals surface area (Å²) in [6.07, 6.45) is 5.00. The van der Waals surface area contributed by atoms with Gasteiger partial charge in [0.25, 0.3) is 0 Å². The SMILES string of the molecule is COc1ccc(-c2ncnc(N3CCN(Cc4nc5c(s4)CCC5)CC3)c2F)cc1. The lowest BCUT2D eigenvalue weighted by Gasteiger charge is -2.35. The van der Waals surface area contributed by atoms with Crippen molar-refractivity contribution in [2.45, 2.75) is 25.8 Å². The predicted molar refractivity (Wildman–Crippen MR) is 116 cm³/mol. The first-order chi connectivity index (χ1) is 14.7. The van der Waals surface area contributed by atoms with Gasteiger partial charge in [0.05, 0.1) is 19.3 Å². The zero-order valence-electron chi connectivity index (χ0n) is 17.0. The molecule has 0 amide bonds. The second-order valence-electron chi connectivity index (χ2n) is 7.68. The van der Waals surface area contributed by atoms with Gasteiger partial charge in [0, 0.05) is 36.6 Å². The second-order valence-corrected chi connectivity index (χ2v) is 8.85. The molecule has 6 nitrogen and oxygen atoms in total. The van der Waals surface area contributed by atoms with Gasteiger partial charge in [0.2, 0.25) is 0 Å². The van der Waals surface area contributed by atoms with E-state index in [0.29, 0.717) is 17.1 Å². The molecule has 1 saturated heterocycles. The van der Waals surface area contributed by atoms with Gasteiger partial charge in [-0.05, 0) is 43.5 Å². The van der Waals surface area contributed by atoms with E-state index in [4.69, 9.17) is 9.72 Å². The zero-order chi connectivity index (χ0) is 20.5. The molecule has 156 valence electrons. The maximum Gasteiger partial charge on any atom is 0.191 e. The summed E-state index contributed by atoms with van der Waals surface area (Å²) in [7, 11) is 1.61. The van der Waals surface area contributed by atoms with Crippen LogP contribution in [0, 0.1) is 5.82 Å². The Morgan fingerprint density at radius 3 is 2.60 bits per heavy atom. The smallest absolute Gasteiger partial charge is 0.191 e. The zero-order valence-corrected chi connectivity index (χ0v) is 17.8. The van der Waals surface area contributed by atoms with E-state index in [2.05, 4.69) is 14.9 Å². The van der Waals surface area contributed by atoms with Crippen LogP contribution in [0.2, 0.25) is 0 Å². The first-order valence-electron chi connectivity index (χ1n) is 10.3. The van der Waals surface area contributed by atoms with Gasteiger partial charge >= 0.3 is 0 Å². The second kappa shape index (κ2) is 8.28. The molecule has 0 saturated carbocycles. The van der Waals surface area contributed by atoms with E-state index in [9.17, 15) is 0 Å². The molecular weight excluding hydrogens is 401 g/mol. The number of fused-ring (bicyclic) bond motifs is 1. The third kappa shape index (κ3) is 3.77. The highest BCUT2D eigenvalue weighted by Gasteiger charge is 2.24. The fourth-order valence-corrected chi connectivity index (χ4v) is 5.35. The van der Waals surface area contributed by atoms with E-state index in [0.717, 1.165) is 44.9 Å². The largest absolute Gasteiger partial charge is 0.497 e. The number of rotatable bonds is 5. The van der Waals surface area contributed by atoms with Gasteiger partial charge in [-0.3, -0.25) is 4.90 Å². The highest BCUT2D eigenvalue weighted by Crippen LogP contribution is 2.30. The first-order valence-corrected chi connectivity index (χ1v) is 11.1. The summed E-state index contributed by atoms with van der Waals surface area (Å²) in [5.74, 6) is 0.742. The summed E-state index contributed by atoms with van der Waals surface area (Å²) < 4.78 is 20.4. The number of piperazine rings is 1. The van der Waals surface area contributed by atoms with Crippen LogP contribution < -0.4 is 9.64 Å². The van der Waals surface area contributed by atoms with Crippen LogP contribution in [-0.2, 0) is 19.4 Å². The number of aryl methyl sites for hydroxylation is 2. The lowest BCUT2D eigenvalue weighted by Crippen LogP contribution is -2.46. The van der Waals surface area contributed by atoms with E-state index in [1.54, 1.807) is 7.11 Å².